The Morgan fingerprint density at radius 3 is 2.31 bits per heavy atom. The number of carbonyl (C=O) groups excluding carboxylic acids is 1. The highest BCUT2D eigenvalue weighted by molar-refractivity contribution is 7.89. The van der Waals surface area contributed by atoms with Crippen LogP contribution in [0.4, 0.5) is 5.69 Å². The second-order valence-corrected chi connectivity index (χ2v) is 9.58. The van der Waals surface area contributed by atoms with Crippen molar-refractivity contribution in [2.24, 2.45) is 0 Å². The number of hydrogen-bond donors (Lipinski definition) is 1. The molecule has 2 rings (SSSR count). The normalized spacial score (nSPS) is 12.2. The van der Waals surface area contributed by atoms with E-state index >= 15 is 0 Å². The van der Waals surface area contributed by atoms with Crippen LogP contribution in [0, 0.1) is 0 Å². The summed E-state index contributed by atoms with van der Waals surface area (Å²) in [6.07, 6.45) is 0.194. The van der Waals surface area contributed by atoms with Crippen LogP contribution in [0.2, 0.25) is 0 Å². The topological polar surface area (TPSA) is 79.4 Å². The summed E-state index contributed by atoms with van der Waals surface area (Å²) in [5, 5.41) is 5.68. The molecule has 0 saturated heterocycles. The van der Waals surface area contributed by atoms with E-state index in [2.05, 4.69) is 24.1 Å². The van der Waals surface area contributed by atoms with Gasteiger partial charge in [-0.15, -0.1) is 11.3 Å². The summed E-state index contributed by atoms with van der Waals surface area (Å²) in [5.74, 6) is 0.163. The molecule has 0 bridgehead atoms. The molecule has 0 aliphatic rings. The Morgan fingerprint density at radius 1 is 1.19 bits per heavy atom. The predicted octanol–water partition coefficient (Wildman–Crippen LogP) is 3.48. The van der Waals surface area contributed by atoms with Gasteiger partial charge in [-0.2, -0.15) is 4.31 Å². The zero-order chi connectivity index (χ0) is 19.5. The number of rotatable bonds is 7. The van der Waals surface area contributed by atoms with E-state index < -0.39 is 10.0 Å². The van der Waals surface area contributed by atoms with Crippen molar-refractivity contribution in [2.45, 2.75) is 51.0 Å². The zero-order valence-electron chi connectivity index (χ0n) is 15.7. The van der Waals surface area contributed by atoms with E-state index in [4.69, 9.17) is 0 Å². The largest absolute Gasteiger partial charge is 0.326 e. The Kier molecular flexibility index (Phi) is 6.54. The van der Waals surface area contributed by atoms with Crippen LogP contribution in [0.15, 0.2) is 34.5 Å². The first-order valence-electron chi connectivity index (χ1n) is 8.43. The zero-order valence-corrected chi connectivity index (χ0v) is 17.3. The van der Waals surface area contributed by atoms with Crippen molar-refractivity contribution in [2.75, 3.05) is 12.4 Å². The molecule has 0 atom stereocenters. The Balaban J connectivity index is 2.03. The van der Waals surface area contributed by atoms with Crippen LogP contribution in [0.5, 0.6) is 0 Å². The molecule has 0 unspecified atom stereocenters. The molecule has 8 heteroatoms. The fourth-order valence-electron chi connectivity index (χ4n) is 2.19. The highest BCUT2D eigenvalue weighted by Gasteiger charge is 2.22. The Labute approximate surface area is 159 Å². The van der Waals surface area contributed by atoms with Gasteiger partial charge in [-0.1, -0.05) is 13.8 Å². The average Bonchev–Trinajstić information content (AvgIpc) is 3.03. The van der Waals surface area contributed by atoms with Gasteiger partial charge >= 0.3 is 0 Å². The minimum atomic E-state index is -3.53. The fourth-order valence-corrected chi connectivity index (χ4v) is 4.40. The van der Waals surface area contributed by atoms with Crippen LogP contribution < -0.4 is 5.32 Å². The smallest absolute Gasteiger partial charge is 0.243 e. The third-order valence-corrected chi connectivity index (χ3v) is 7.19. The maximum atomic E-state index is 12.4. The number of nitrogens with one attached hydrogen (secondary N) is 1. The summed E-state index contributed by atoms with van der Waals surface area (Å²) in [7, 11) is -1.97. The van der Waals surface area contributed by atoms with Crippen LogP contribution in [0.1, 0.15) is 44.3 Å². The summed E-state index contributed by atoms with van der Waals surface area (Å²) in [6.45, 7) is 7.76. The van der Waals surface area contributed by atoms with Gasteiger partial charge in [0, 0.05) is 30.1 Å². The van der Waals surface area contributed by atoms with E-state index in [9.17, 15) is 13.2 Å². The standard InChI is InChI=1S/C18H25N3O3S2/c1-12(2)18-20-15(11-25-18)10-17(22)19-14-6-8-16(9-7-14)26(23,24)21(5)13(3)4/h6-9,11-13H,10H2,1-5H3,(H,19,22). The number of sulfonamides is 1. The molecular formula is C18H25N3O3S2. The van der Waals surface area contributed by atoms with Crippen molar-refractivity contribution in [3.8, 4) is 0 Å². The summed E-state index contributed by atoms with van der Waals surface area (Å²) in [6, 6.07) is 6.07. The van der Waals surface area contributed by atoms with Gasteiger partial charge in [-0.3, -0.25) is 4.79 Å². The van der Waals surface area contributed by atoms with Crippen molar-refractivity contribution < 1.29 is 13.2 Å². The lowest BCUT2D eigenvalue weighted by Gasteiger charge is -2.21. The highest BCUT2D eigenvalue weighted by Crippen LogP contribution is 2.21. The van der Waals surface area contributed by atoms with Gasteiger partial charge in [0.15, 0.2) is 0 Å². The third kappa shape index (κ3) is 4.90. The SMILES string of the molecule is CC(C)c1nc(CC(=O)Nc2ccc(S(=O)(=O)N(C)C(C)C)cc2)cs1. The van der Waals surface area contributed by atoms with Crippen LogP contribution in [-0.2, 0) is 21.2 Å². The van der Waals surface area contributed by atoms with Crippen molar-refractivity contribution >= 4 is 33.0 Å². The molecule has 142 valence electrons. The minimum absolute atomic E-state index is 0.131. The number of thiazole rings is 1. The molecule has 6 nitrogen and oxygen atoms in total. The Hall–Kier alpha value is -1.77. The van der Waals surface area contributed by atoms with Crippen molar-refractivity contribution in [1.29, 1.82) is 0 Å². The quantitative estimate of drug-likeness (QED) is 0.778. The van der Waals surface area contributed by atoms with E-state index in [0.717, 1.165) is 10.7 Å². The highest BCUT2D eigenvalue weighted by atomic mass is 32.2. The number of amides is 1. The first-order chi connectivity index (χ1) is 12.1. The van der Waals surface area contributed by atoms with Gasteiger partial charge in [0.1, 0.15) is 0 Å². The molecule has 0 aliphatic carbocycles. The molecule has 0 saturated carbocycles. The van der Waals surface area contributed by atoms with Crippen molar-refractivity contribution in [1.82, 2.24) is 9.29 Å². The van der Waals surface area contributed by atoms with E-state index in [0.29, 0.717) is 11.6 Å². The summed E-state index contributed by atoms with van der Waals surface area (Å²) in [5.41, 5.74) is 1.30. The maximum Gasteiger partial charge on any atom is 0.243 e. The number of benzene rings is 1. The summed E-state index contributed by atoms with van der Waals surface area (Å²) < 4.78 is 26.2. The fraction of sp³-hybridized carbons (Fsp3) is 0.444. The summed E-state index contributed by atoms with van der Waals surface area (Å²) in [4.78, 5) is 16.8. The maximum absolute atomic E-state index is 12.4. The van der Waals surface area contributed by atoms with Gasteiger partial charge in [0.05, 0.1) is 22.0 Å². The molecule has 1 heterocycles. The van der Waals surface area contributed by atoms with Gasteiger partial charge < -0.3 is 5.32 Å². The van der Waals surface area contributed by atoms with Gasteiger partial charge in [-0.25, -0.2) is 13.4 Å². The van der Waals surface area contributed by atoms with Gasteiger partial charge in [0.25, 0.3) is 0 Å². The lowest BCUT2D eigenvalue weighted by molar-refractivity contribution is -0.115. The molecule has 0 spiro atoms. The van der Waals surface area contributed by atoms with Crippen LogP contribution in [0.25, 0.3) is 0 Å². The number of carbonyl (C=O) groups is 1. The number of aromatic nitrogens is 1. The molecule has 0 aliphatic heterocycles. The van der Waals surface area contributed by atoms with Crippen LogP contribution in [-0.4, -0.2) is 36.7 Å². The van der Waals surface area contributed by atoms with E-state index in [1.54, 1.807) is 30.5 Å². The monoisotopic (exact) mass is 395 g/mol. The molecule has 1 N–H and O–H groups in total. The predicted molar refractivity (Wildman–Crippen MR) is 105 cm³/mol. The van der Waals surface area contributed by atoms with Crippen molar-refractivity contribution in [3.63, 3.8) is 0 Å². The van der Waals surface area contributed by atoms with Crippen LogP contribution >= 0.6 is 11.3 Å². The molecule has 0 radical (unpaired) electrons. The van der Waals surface area contributed by atoms with Gasteiger partial charge in [-0.05, 0) is 38.1 Å². The van der Waals surface area contributed by atoms with Gasteiger partial charge in [0.2, 0.25) is 15.9 Å². The molecule has 1 amide bonds. The van der Waals surface area contributed by atoms with E-state index in [1.165, 1.54) is 16.4 Å². The Morgan fingerprint density at radius 2 is 1.81 bits per heavy atom. The molecule has 26 heavy (non-hydrogen) atoms. The number of anilines is 1. The molecule has 2 aromatic rings. The lowest BCUT2D eigenvalue weighted by atomic mass is 10.2. The molecular weight excluding hydrogens is 370 g/mol. The third-order valence-electron chi connectivity index (χ3n) is 3.95. The first kappa shape index (κ1) is 20.5. The first-order valence-corrected chi connectivity index (χ1v) is 10.8. The second-order valence-electron chi connectivity index (χ2n) is 6.70. The molecule has 1 aromatic carbocycles. The molecule has 1 aromatic heterocycles. The van der Waals surface area contributed by atoms with Crippen molar-refractivity contribution in [3.05, 3.63) is 40.3 Å². The van der Waals surface area contributed by atoms with E-state index in [1.807, 2.05) is 19.2 Å². The Bertz CT molecular complexity index is 856. The number of nitrogens with zero attached hydrogens (tertiary/aromatic N) is 2. The summed E-state index contributed by atoms with van der Waals surface area (Å²) >= 11 is 1.55. The van der Waals surface area contributed by atoms with E-state index in [-0.39, 0.29) is 23.3 Å². The van der Waals surface area contributed by atoms with Crippen LogP contribution in [0.3, 0.4) is 0 Å². The molecule has 0 fully saturated rings. The number of hydrogen-bond acceptors (Lipinski definition) is 5. The second kappa shape index (κ2) is 8.28. The minimum Gasteiger partial charge on any atom is -0.326 e. The lowest BCUT2D eigenvalue weighted by Crippen LogP contribution is -2.33. The average molecular weight is 396 g/mol.